The van der Waals surface area contributed by atoms with Gasteiger partial charge in [0.05, 0.1) is 12.1 Å². The maximum atomic E-state index is 5.51. The third-order valence-corrected chi connectivity index (χ3v) is 4.11. The Hall–Kier alpha value is -1.87. The summed E-state index contributed by atoms with van der Waals surface area (Å²) in [5.74, 6) is 0. The van der Waals surface area contributed by atoms with E-state index in [4.69, 9.17) is 12.2 Å². The van der Waals surface area contributed by atoms with Gasteiger partial charge < -0.3 is 10.2 Å². The van der Waals surface area contributed by atoms with Gasteiger partial charge in [0.1, 0.15) is 0 Å². The van der Waals surface area contributed by atoms with Crippen molar-refractivity contribution in [3.05, 3.63) is 71.8 Å². The fourth-order valence-electron chi connectivity index (χ4n) is 2.82. The highest BCUT2D eigenvalue weighted by atomic mass is 32.1. The van der Waals surface area contributed by atoms with Gasteiger partial charge in [0.15, 0.2) is 5.11 Å². The Morgan fingerprint density at radius 3 is 2.25 bits per heavy atom. The third kappa shape index (κ3) is 2.54. The summed E-state index contributed by atoms with van der Waals surface area (Å²) in [7, 11) is 0. The van der Waals surface area contributed by atoms with Crippen molar-refractivity contribution in [3.8, 4) is 0 Å². The number of nitrogens with zero attached hydrogens (tertiary/aromatic N) is 1. The lowest BCUT2D eigenvalue weighted by Crippen LogP contribution is -2.29. The van der Waals surface area contributed by atoms with E-state index in [1.54, 1.807) is 0 Å². The molecule has 0 amide bonds. The first-order valence-electron chi connectivity index (χ1n) is 6.92. The van der Waals surface area contributed by atoms with Crippen LogP contribution in [-0.4, -0.2) is 16.1 Å². The normalized spacial score (nSPS) is 21.9. The van der Waals surface area contributed by atoms with Gasteiger partial charge in [-0.1, -0.05) is 60.7 Å². The highest BCUT2D eigenvalue weighted by Crippen LogP contribution is 2.30. The van der Waals surface area contributed by atoms with Crippen molar-refractivity contribution in [3.63, 3.8) is 0 Å². The average molecular weight is 282 g/mol. The molecule has 1 aliphatic rings. The van der Waals surface area contributed by atoms with Crippen LogP contribution < -0.4 is 5.32 Å². The van der Waals surface area contributed by atoms with Crippen LogP contribution >= 0.6 is 12.2 Å². The maximum Gasteiger partial charge on any atom is 0.170 e. The van der Waals surface area contributed by atoms with Crippen molar-refractivity contribution in [2.75, 3.05) is 0 Å². The number of hydrogen-bond acceptors (Lipinski definition) is 1. The van der Waals surface area contributed by atoms with Crippen molar-refractivity contribution in [2.45, 2.75) is 25.6 Å². The molecule has 3 heteroatoms. The summed E-state index contributed by atoms with van der Waals surface area (Å²) < 4.78 is 0. The van der Waals surface area contributed by atoms with E-state index in [1.807, 2.05) is 6.07 Å². The zero-order valence-electron chi connectivity index (χ0n) is 11.5. The predicted octanol–water partition coefficient (Wildman–Crippen LogP) is 3.51. The van der Waals surface area contributed by atoms with Crippen molar-refractivity contribution >= 4 is 17.3 Å². The number of benzene rings is 2. The van der Waals surface area contributed by atoms with Crippen LogP contribution in [0.1, 0.15) is 24.1 Å². The van der Waals surface area contributed by atoms with Crippen LogP contribution in [-0.2, 0) is 6.54 Å². The van der Waals surface area contributed by atoms with Crippen molar-refractivity contribution in [1.29, 1.82) is 0 Å². The molecule has 1 N–H and O–H groups in total. The van der Waals surface area contributed by atoms with Crippen LogP contribution in [0.4, 0.5) is 0 Å². The van der Waals surface area contributed by atoms with Gasteiger partial charge in [-0.3, -0.25) is 0 Å². The molecule has 0 aliphatic carbocycles. The minimum absolute atomic E-state index is 0.295. The third-order valence-electron chi connectivity index (χ3n) is 3.76. The smallest absolute Gasteiger partial charge is 0.170 e. The van der Waals surface area contributed by atoms with Crippen LogP contribution in [0.25, 0.3) is 0 Å². The molecule has 0 spiro atoms. The molecule has 3 rings (SSSR count). The van der Waals surface area contributed by atoms with E-state index in [1.165, 1.54) is 11.1 Å². The zero-order valence-corrected chi connectivity index (χ0v) is 12.3. The quantitative estimate of drug-likeness (QED) is 0.867. The van der Waals surface area contributed by atoms with Gasteiger partial charge in [0.2, 0.25) is 0 Å². The standard InChI is InChI=1S/C17H18N2S/c1-13-16(15-10-6-3-7-11-15)19(17(20)18-13)12-14-8-4-2-5-9-14/h2-11,13,16H,12H2,1H3,(H,18,20)/t13-,16-/m1/s1. The Balaban J connectivity index is 1.89. The van der Waals surface area contributed by atoms with Gasteiger partial charge in [-0.15, -0.1) is 0 Å². The van der Waals surface area contributed by atoms with E-state index in [-0.39, 0.29) is 0 Å². The summed E-state index contributed by atoms with van der Waals surface area (Å²) >= 11 is 5.51. The van der Waals surface area contributed by atoms with Crippen LogP contribution in [0.15, 0.2) is 60.7 Å². The molecule has 0 unspecified atom stereocenters. The lowest BCUT2D eigenvalue weighted by atomic mass is 10.0. The molecule has 1 heterocycles. The van der Waals surface area contributed by atoms with Gasteiger partial charge in [-0.2, -0.15) is 0 Å². The largest absolute Gasteiger partial charge is 0.358 e. The summed E-state index contributed by atoms with van der Waals surface area (Å²) in [6.07, 6.45) is 0. The Morgan fingerprint density at radius 2 is 1.60 bits per heavy atom. The molecule has 20 heavy (non-hydrogen) atoms. The molecule has 0 radical (unpaired) electrons. The topological polar surface area (TPSA) is 15.3 Å². The minimum atomic E-state index is 0.295. The molecular weight excluding hydrogens is 264 g/mol. The second kappa shape index (κ2) is 5.63. The van der Waals surface area contributed by atoms with E-state index in [9.17, 15) is 0 Å². The van der Waals surface area contributed by atoms with E-state index in [0.717, 1.165) is 11.7 Å². The molecule has 1 saturated heterocycles. The van der Waals surface area contributed by atoms with Gasteiger partial charge in [-0.25, -0.2) is 0 Å². The van der Waals surface area contributed by atoms with Crippen molar-refractivity contribution in [2.24, 2.45) is 0 Å². The Labute approximate surface area is 125 Å². The fraction of sp³-hybridized carbons (Fsp3) is 0.235. The monoisotopic (exact) mass is 282 g/mol. The Bertz CT molecular complexity index is 582. The van der Waals surface area contributed by atoms with Crippen molar-refractivity contribution in [1.82, 2.24) is 10.2 Å². The van der Waals surface area contributed by atoms with Gasteiger partial charge in [0.25, 0.3) is 0 Å². The first kappa shape index (κ1) is 13.1. The first-order valence-corrected chi connectivity index (χ1v) is 7.32. The van der Waals surface area contributed by atoms with Gasteiger partial charge in [0, 0.05) is 6.54 Å². The molecule has 2 atom stereocenters. The lowest BCUT2D eigenvalue weighted by molar-refractivity contribution is 0.320. The molecule has 2 aromatic rings. The van der Waals surface area contributed by atoms with E-state index < -0.39 is 0 Å². The molecule has 0 bridgehead atoms. The van der Waals surface area contributed by atoms with E-state index >= 15 is 0 Å². The summed E-state index contributed by atoms with van der Waals surface area (Å²) in [4.78, 5) is 2.28. The predicted molar refractivity (Wildman–Crippen MR) is 86.4 cm³/mol. The van der Waals surface area contributed by atoms with Crippen LogP contribution in [0.5, 0.6) is 0 Å². The van der Waals surface area contributed by atoms with Crippen LogP contribution in [0, 0.1) is 0 Å². The molecule has 2 nitrogen and oxygen atoms in total. The summed E-state index contributed by atoms with van der Waals surface area (Å²) in [5, 5.41) is 4.24. The Morgan fingerprint density at radius 1 is 1.00 bits per heavy atom. The first-order chi connectivity index (χ1) is 9.75. The van der Waals surface area contributed by atoms with Crippen LogP contribution in [0.3, 0.4) is 0 Å². The zero-order chi connectivity index (χ0) is 13.9. The highest BCUT2D eigenvalue weighted by Gasteiger charge is 2.34. The highest BCUT2D eigenvalue weighted by molar-refractivity contribution is 7.80. The molecule has 0 saturated carbocycles. The second-order valence-electron chi connectivity index (χ2n) is 5.21. The summed E-state index contributed by atoms with van der Waals surface area (Å²) in [5.41, 5.74) is 2.59. The molecule has 102 valence electrons. The summed E-state index contributed by atoms with van der Waals surface area (Å²) in [6.45, 7) is 3.03. The Kier molecular flexibility index (Phi) is 3.70. The fourth-order valence-corrected chi connectivity index (χ4v) is 3.19. The van der Waals surface area contributed by atoms with Crippen LogP contribution in [0.2, 0.25) is 0 Å². The minimum Gasteiger partial charge on any atom is -0.358 e. The molecule has 2 aromatic carbocycles. The number of nitrogens with one attached hydrogen (secondary N) is 1. The molecule has 1 aliphatic heterocycles. The number of thiocarbonyl (C=S) groups is 1. The SMILES string of the molecule is C[C@H]1NC(=S)N(Cc2ccccc2)[C@H]1c1ccccc1. The average Bonchev–Trinajstić information content (AvgIpc) is 2.75. The van der Waals surface area contributed by atoms with Gasteiger partial charge in [-0.05, 0) is 30.3 Å². The second-order valence-corrected chi connectivity index (χ2v) is 5.59. The molecular formula is C17H18N2S. The van der Waals surface area contributed by atoms with E-state index in [0.29, 0.717) is 12.1 Å². The van der Waals surface area contributed by atoms with Crippen molar-refractivity contribution < 1.29 is 0 Å². The van der Waals surface area contributed by atoms with Gasteiger partial charge >= 0.3 is 0 Å². The molecule has 0 aromatic heterocycles. The lowest BCUT2D eigenvalue weighted by Gasteiger charge is -2.27. The van der Waals surface area contributed by atoms with E-state index in [2.05, 4.69) is 71.7 Å². The maximum absolute atomic E-state index is 5.51. The molecule has 1 fully saturated rings. The number of hydrogen-bond donors (Lipinski definition) is 1. The number of rotatable bonds is 3. The summed E-state index contributed by atoms with van der Waals surface area (Å²) in [6, 6.07) is 21.7.